The summed E-state index contributed by atoms with van der Waals surface area (Å²) in [6.07, 6.45) is -0.935. The highest BCUT2D eigenvalue weighted by Gasteiger charge is 2.62. The molecule has 2 saturated heterocycles. The van der Waals surface area contributed by atoms with E-state index in [2.05, 4.69) is 10.0 Å². The molecule has 3 aliphatic heterocycles. The molecule has 5 atom stereocenters. The van der Waals surface area contributed by atoms with Crippen LogP contribution in [0.2, 0.25) is 0 Å². The maximum absolute atomic E-state index is 12.7. The van der Waals surface area contributed by atoms with Crippen molar-refractivity contribution < 1.29 is 32.5 Å². The number of amides is 1. The first kappa shape index (κ1) is 19.0. The highest BCUT2D eigenvalue weighted by atomic mass is 31.2. The molecule has 0 N–H and O–H groups in total. The monoisotopic (exact) mass is 386 g/mol. The van der Waals surface area contributed by atoms with E-state index in [4.69, 9.17) is 23.8 Å². The maximum Gasteiger partial charge on any atom is 0.475 e. The van der Waals surface area contributed by atoms with Crippen molar-refractivity contribution in [1.29, 1.82) is 0 Å². The van der Waals surface area contributed by atoms with Crippen LogP contribution < -0.4 is 0 Å². The number of phosphoric acid groups is 1. The van der Waals surface area contributed by atoms with Crippen molar-refractivity contribution in [2.75, 3.05) is 6.61 Å². The minimum absolute atomic E-state index is 0.119. The van der Waals surface area contributed by atoms with Crippen LogP contribution in [0.1, 0.15) is 27.2 Å². The summed E-state index contributed by atoms with van der Waals surface area (Å²) >= 11 is 0. The Morgan fingerprint density at radius 1 is 1.50 bits per heavy atom. The molecule has 26 heavy (non-hydrogen) atoms. The van der Waals surface area contributed by atoms with E-state index < -0.39 is 43.8 Å². The van der Waals surface area contributed by atoms with E-state index in [1.807, 2.05) is 0 Å². The summed E-state index contributed by atoms with van der Waals surface area (Å²) in [5.41, 5.74) is 7.62. The van der Waals surface area contributed by atoms with E-state index in [1.54, 1.807) is 13.8 Å². The van der Waals surface area contributed by atoms with E-state index >= 15 is 0 Å². The molecule has 0 spiro atoms. The lowest BCUT2D eigenvalue weighted by atomic mass is 9.92. The predicted octanol–water partition coefficient (Wildman–Crippen LogP) is 2.04. The van der Waals surface area contributed by atoms with E-state index in [-0.39, 0.29) is 18.8 Å². The van der Waals surface area contributed by atoms with Crippen LogP contribution >= 0.6 is 7.82 Å². The van der Waals surface area contributed by atoms with Gasteiger partial charge in [-0.1, -0.05) is 5.11 Å². The number of rotatable bonds is 4. The van der Waals surface area contributed by atoms with Gasteiger partial charge in [-0.2, -0.15) is 0 Å². The summed E-state index contributed by atoms with van der Waals surface area (Å²) in [6.45, 7) is 4.76. The molecule has 0 unspecified atom stereocenters. The zero-order valence-corrected chi connectivity index (χ0v) is 15.4. The minimum Gasteiger partial charge on any atom is -0.349 e. The van der Waals surface area contributed by atoms with Crippen molar-refractivity contribution in [3.8, 4) is 0 Å². The standard InChI is InChI=1S/C14H19N4O7P/c1-8(2)24-26(21)22-7-10-12(25-26)14(3,16-17-15)13(23-10)18-5-4-9(19)6-11(18)20/h4-5,8,10,12-13H,6-7H2,1-3H3/t10-,12-,13-,14-,26+/m1/s1. The molecule has 0 aliphatic carbocycles. The van der Waals surface area contributed by atoms with Crippen molar-refractivity contribution in [3.05, 3.63) is 22.7 Å². The van der Waals surface area contributed by atoms with Gasteiger partial charge >= 0.3 is 7.82 Å². The smallest absolute Gasteiger partial charge is 0.349 e. The van der Waals surface area contributed by atoms with Crippen molar-refractivity contribution in [3.63, 3.8) is 0 Å². The second-order valence-electron chi connectivity index (χ2n) is 6.63. The number of carbonyl (C=O) groups excluding carboxylic acids is 2. The fourth-order valence-electron chi connectivity index (χ4n) is 3.15. The first-order valence-electron chi connectivity index (χ1n) is 8.04. The number of ketones is 1. The van der Waals surface area contributed by atoms with Gasteiger partial charge in [0.1, 0.15) is 17.7 Å². The quantitative estimate of drug-likeness (QED) is 0.237. The Kier molecular flexibility index (Phi) is 4.96. The van der Waals surface area contributed by atoms with E-state index in [1.165, 1.54) is 24.1 Å². The Balaban J connectivity index is 1.94. The molecule has 0 aromatic carbocycles. The van der Waals surface area contributed by atoms with Crippen LogP contribution in [-0.2, 0) is 32.5 Å². The highest BCUT2D eigenvalue weighted by molar-refractivity contribution is 7.48. The number of nitrogens with zero attached hydrogens (tertiary/aromatic N) is 4. The molecule has 142 valence electrons. The molecular weight excluding hydrogens is 367 g/mol. The van der Waals surface area contributed by atoms with Gasteiger partial charge in [-0.3, -0.25) is 28.1 Å². The Morgan fingerprint density at radius 3 is 2.85 bits per heavy atom. The normalized spacial score (nSPS) is 39.8. The number of hydrogen-bond donors (Lipinski definition) is 0. The highest BCUT2D eigenvalue weighted by Crippen LogP contribution is 2.59. The fraction of sp³-hybridized carbons (Fsp3) is 0.714. The molecule has 0 aromatic rings. The van der Waals surface area contributed by atoms with Gasteiger partial charge in [0.15, 0.2) is 12.0 Å². The third-order valence-electron chi connectivity index (χ3n) is 4.24. The van der Waals surface area contributed by atoms with Gasteiger partial charge in [0, 0.05) is 11.1 Å². The van der Waals surface area contributed by atoms with Crippen molar-refractivity contribution in [2.45, 2.75) is 57.3 Å². The summed E-state index contributed by atoms with van der Waals surface area (Å²) in [7, 11) is -3.87. The summed E-state index contributed by atoms with van der Waals surface area (Å²) < 4.78 is 34.5. The maximum atomic E-state index is 12.7. The predicted molar refractivity (Wildman–Crippen MR) is 86.5 cm³/mol. The molecule has 3 aliphatic rings. The molecule has 3 heterocycles. The molecule has 0 bridgehead atoms. The van der Waals surface area contributed by atoms with Crippen LogP contribution in [0, 0.1) is 0 Å². The van der Waals surface area contributed by atoms with Gasteiger partial charge in [-0.05, 0) is 32.4 Å². The van der Waals surface area contributed by atoms with Crippen LogP contribution in [0.5, 0.6) is 0 Å². The van der Waals surface area contributed by atoms with Crippen LogP contribution in [-0.4, -0.2) is 53.3 Å². The third kappa shape index (κ3) is 3.29. The second kappa shape index (κ2) is 6.77. The van der Waals surface area contributed by atoms with Gasteiger partial charge in [0.25, 0.3) is 0 Å². The zero-order chi connectivity index (χ0) is 19.1. The van der Waals surface area contributed by atoms with Crippen LogP contribution in [0.15, 0.2) is 17.4 Å². The van der Waals surface area contributed by atoms with E-state index in [0.29, 0.717) is 0 Å². The largest absolute Gasteiger partial charge is 0.475 e. The lowest BCUT2D eigenvalue weighted by Gasteiger charge is -2.38. The molecule has 12 heteroatoms. The number of azide groups is 1. The SMILES string of the molecule is CC(C)O[P@]1(=O)OC[C@H]2O[C@@H](N3C=CC(=O)CC3=O)[C@](C)(N=[N+]=[N-])[C@@H]2O1. The van der Waals surface area contributed by atoms with Gasteiger partial charge in [-0.25, -0.2) is 4.57 Å². The first-order chi connectivity index (χ1) is 12.2. The van der Waals surface area contributed by atoms with Gasteiger partial charge in [0.2, 0.25) is 5.91 Å². The lowest BCUT2D eigenvalue weighted by molar-refractivity contribution is -0.146. The minimum atomic E-state index is -3.87. The molecule has 0 aromatic heterocycles. The van der Waals surface area contributed by atoms with Crippen molar-refractivity contribution in [1.82, 2.24) is 4.90 Å². The van der Waals surface area contributed by atoms with Crippen molar-refractivity contribution >= 4 is 19.5 Å². The third-order valence-corrected chi connectivity index (χ3v) is 5.87. The van der Waals surface area contributed by atoms with E-state index in [0.717, 1.165) is 0 Å². The fourth-order valence-corrected chi connectivity index (χ4v) is 4.79. The zero-order valence-electron chi connectivity index (χ0n) is 14.5. The van der Waals surface area contributed by atoms with Gasteiger partial charge < -0.3 is 4.74 Å². The average Bonchev–Trinajstić information content (AvgIpc) is 2.79. The molecule has 11 nitrogen and oxygen atoms in total. The summed E-state index contributed by atoms with van der Waals surface area (Å²) in [6, 6.07) is 0. The molecular formula is C14H19N4O7P. The van der Waals surface area contributed by atoms with E-state index in [9.17, 15) is 14.2 Å². The van der Waals surface area contributed by atoms with Gasteiger partial charge in [0.05, 0.1) is 19.1 Å². The number of hydrogen-bond acceptors (Lipinski definition) is 8. The number of fused-ring (bicyclic) bond motifs is 1. The second-order valence-corrected chi connectivity index (χ2v) is 8.20. The van der Waals surface area contributed by atoms with Crippen LogP contribution in [0.3, 0.4) is 0 Å². The number of carbonyl (C=O) groups is 2. The molecule has 0 radical (unpaired) electrons. The summed E-state index contributed by atoms with van der Waals surface area (Å²) in [5, 5.41) is 3.78. The first-order valence-corrected chi connectivity index (χ1v) is 9.50. The van der Waals surface area contributed by atoms with Crippen LogP contribution in [0.4, 0.5) is 0 Å². The Hall–Kier alpha value is -1.74. The Morgan fingerprint density at radius 2 is 2.23 bits per heavy atom. The summed E-state index contributed by atoms with van der Waals surface area (Å²) in [4.78, 5) is 27.7. The lowest BCUT2D eigenvalue weighted by Crippen LogP contribution is -2.53. The molecule has 2 fully saturated rings. The summed E-state index contributed by atoms with van der Waals surface area (Å²) in [5.74, 6) is -0.829. The van der Waals surface area contributed by atoms with Gasteiger partial charge in [-0.15, -0.1) is 0 Å². The number of phosphoric ester groups is 1. The Labute approximate surface area is 149 Å². The topological polar surface area (TPSA) is 140 Å². The molecule has 3 rings (SSSR count). The molecule has 1 amide bonds. The number of allylic oxidation sites excluding steroid dienone is 1. The average molecular weight is 386 g/mol. The number of ether oxygens (including phenoxy) is 1. The van der Waals surface area contributed by atoms with Crippen LogP contribution in [0.25, 0.3) is 10.4 Å². The Bertz CT molecular complexity index is 750. The van der Waals surface area contributed by atoms with Crippen molar-refractivity contribution in [2.24, 2.45) is 5.11 Å². The molecule has 0 saturated carbocycles.